The van der Waals surface area contributed by atoms with Crippen molar-refractivity contribution in [2.24, 2.45) is 10.9 Å². The molecule has 0 aliphatic heterocycles. The van der Waals surface area contributed by atoms with Gasteiger partial charge in [-0.3, -0.25) is 0 Å². The van der Waals surface area contributed by atoms with Gasteiger partial charge in [0.25, 0.3) is 0 Å². The predicted molar refractivity (Wildman–Crippen MR) is 79.2 cm³/mol. The first-order valence-corrected chi connectivity index (χ1v) is 6.37. The van der Waals surface area contributed by atoms with Gasteiger partial charge in [-0.25, -0.2) is 0 Å². The molecule has 4 heteroatoms. The van der Waals surface area contributed by atoms with Gasteiger partial charge in [-0.15, -0.1) is 0 Å². The van der Waals surface area contributed by atoms with Crippen LogP contribution in [-0.4, -0.2) is 11.0 Å². The Hall–Kier alpha value is -2.49. The minimum absolute atomic E-state index is 0.0878. The third kappa shape index (κ3) is 3.09. The molecular formula is C16H18N2O2. The molecule has 0 saturated carbocycles. The standard InChI is InChI=1S/C16H18N2O2/c1-11-7-8-15(12(2)9-11)20-10-13-5-3-4-6-14(13)16(17)18-19/h3-9,19H,10H2,1-2H3,(H2,17,18). The number of oxime groups is 1. The maximum atomic E-state index is 8.79. The second kappa shape index (κ2) is 6.10. The maximum Gasteiger partial charge on any atom is 0.170 e. The zero-order chi connectivity index (χ0) is 14.5. The van der Waals surface area contributed by atoms with Crippen LogP contribution in [0.3, 0.4) is 0 Å². The fourth-order valence-electron chi connectivity index (χ4n) is 2.07. The lowest BCUT2D eigenvalue weighted by Gasteiger charge is -2.12. The van der Waals surface area contributed by atoms with Crippen LogP contribution in [0.4, 0.5) is 0 Å². The largest absolute Gasteiger partial charge is 0.489 e. The van der Waals surface area contributed by atoms with E-state index in [2.05, 4.69) is 11.2 Å². The Balaban J connectivity index is 2.19. The second-order valence-corrected chi connectivity index (χ2v) is 4.70. The van der Waals surface area contributed by atoms with Crippen molar-refractivity contribution < 1.29 is 9.94 Å². The highest BCUT2D eigenvalue weighted by Gasteiger charge is 2.07. The van der Waals surface area contributed by atoms with E-state index in [0.29, 0.717) is 12.2 Å². The summed E-state index contributed by atoms with van der Waals surface area (Å²) in [4.78, 5) is 0. The normalized spacial score (nSPS) is 11.4. The minimum Gasteiger partial charge on any atom is -0.489 e. The fraction of sp³-hybridized carbons (Fsp3) is 0.188. The Morgan fingerprint density at radius 3 is 2.65 bits per heavy atom. The molecule has 0 unspecified atom stereocenters. The van der Waals surface area contributed by atoms with Gasteiger partial charge >= 0.3 is 0 Å². The Morgan fingerprint density at radius 1 is 1.20 bits per heavy atom. The molecule has 2 rings (SSSR count). The number of benzene rings is 2. The van der Waals surface area contributed by atoms with Crippen LogP contribution in [0.5, 0.6) is 5.75 Å². The molecule has 4 nitrogen and oxygen atoms in total. The monoisotopic (exact) mass is 270 g/mol. The Labute approximate surface area is 118 Å². The highest BCUT2D eigenvalue weighted by atomic mass is 16.5. The molecular weight excluding hydrogens is 252 g/mol. The molecule has 0 heterocycles. The van der Waals surface area contributed by atoms with E-state index < -0.39 is 0 Å². The first-order valence-electron chi connectivity index (χ1n) is 6.37. The van der Waals surface area contributed by atoms with Crippen molar-refractivity contribution in [1.82, 2.24) is 0 Å². The summed E-state index contributed by atoms with van der Waals surface area (Å²) in [6, 6.07) is 13.5. The number of ether oxygens (including phenoxy) is 1. The topological polar surface area (TPSA) is 67.8 Å². The summed E-state index contributed by atoms with van der Waals surface area (Å²) in [5.41, 5.74) is 9.51. The van der Waals surface area contributed by atoms with Crippen molar-refractivity contribution in [3.05, 3.63) is 64.7 Å². The quantitative estimate of drug-likeness (QED) is 0.388. The van der Waals surface area contributed by atoms with Gasteiger partial charge in [0.1, 0.15) is 12.4 Å². The average molecular weight is 270 g/mol. The summed E-state index contributed by atoms with van der Waals surface area (Å²) in [5, 5.41) is 11.8. The molecule has 0 spiro atoms. The van der Waals surface area contributed by atoms with Crippen LogP contribution in [0.25, 0.3) is 0 Å². The van der Waals surface area contributed by atoms with Crippen molar-refractivity contribution in [1.29, 1.82) is 0 Å². The number of hydrogen-bond acceptors (Lipinski definition) is 3. The summed E-state index contributed by atoms with van der Waals surface area (Å²) >= 11 is 0. The number of rotatable bonds is 4. The molecule has 104 valence electrons. The van der Waals surface area contributed by atoms with E-state index in [1.54, 1.807) is 6.07 Å². The molecule has 0 aliphatic rings. The van der Waals surface area contributed by atoms with E-state index in [9.17, 15) is 0 Å². The molecule has 0 amide bonds. The number of aryl methyl sites for hydroxylation is 2. The van der Waals surface area contributed by atoms with E-state index in [4.69, 9.17) is 15.7 Å². The predicted octanol–water partition coefficient (Wildman–Crippen LogP) is 2.98. The Kier molecular flexibility index (Phi) is 4.25. The highest BCUT2D eigenvalue weighted by Crippen LogP contribution is 2.20. The number of amidine groups is 1. The van der Waals surface area contributed by atoms with Gasteiger partial charge in [0.05, 0.1) is 0 Å². The smallest absolute Gasteiger partial charge is 0.170 e. The zero-order valence-electron chi connectivity index (χ0n) is 11.6. The van der Waals surface area contributed by atoms with E-state index in [1.807, 2.05) is 44.2 Å². The number of nitrogens with zero attached hydrogens (tertiary/aromatic N) is 1. The summed E-state index contributed by atoms with van der Waals surface area (Å²) in [7, 11) is 0. The number of nitrogens with two attached hydrogens (primary N) is 1. The fourth-order valence-corrected chi connectivity index (χ4v) is 2.07. The third-order valence-electron chi connectivity index (χ3n) is 3.11. The number of hydrogen-bond donors (Lipinski definition) is 2. The van der Waals surface area contributed by atoms with Gasteiger partial charge in [0, 0.05) is 11.1 Å². The van der Waals surface area contributed by atoms with Gasteiger partial charge in [-0.2, -0.15) is 0 Å². The molecule has 0 radical (unpaired) electrons. The Bertz CT molecular complexity index is 636. The van der Waals surface area contributed by atoms with Crippen molar-refractivity contribution >= 4 is 5.84 Å². The van der Waals surface area contributed by atoms with Gasteiger partial charge in [0.2, 0.25) is 0 Å². The molecule has 2 aromatic carbocycles. The van der Waals surface area contributed by atoms with Crippen LogP contribution in [0, 0.1) is 13.8 Å². The van der Waals surface area contributed by atoms with Gasteiger partial charge < -0.3 is 15.7 Å². The molecule has 20 heavy (non-hydrogen) atoms. The van der Waals surface area contributed by atoms with Gasteiger partial charge in [-0.1, -0.05) is 47.1 Å². The molecule has 0 aliphatic carbocycles. The first-order chi connectivity index (χ1) is 9.61. The minimum atomic E-state index is 0.0878. The summed E-state index contributed by atoms with van der Waals surface area (Å²) in [5.74, 6) is 0.926. The van der Waals surface area contributed by atoms with E-state index >= 15 is 0 Å². The van der Waals surface area contributed by atoms with Gasteiger partial charge in [-0.05, 0) is 25.5 Å². The van der Waals surface area contributed by atoms with E-state index in [1.165, 1.54) is 5.56 Å². The van der Waals surface area contributed by atoms with Crippen molar-refractivity contribution in [3.63, 3.8) is 0 Å². The van der Waals surface area contributed by atoms with Crippen molar-refractivity contribution in [2.75, 3.05) is 0 Å². The zero-order valence-corrected chi connectivity index (χ0v) is 11.6. The molecule has 3 N–H and O–H groups in total. The summed E-state index contributed by atoms with van der Waals surface area (Å²) < 4.78 is 5.82. The van der Waals surface area contributed by atoms with Crippen molar-refractivity contribution in [2.45, 2.75) is 20.5 Å². The lowest BCUT2D eigenvalue weighted by atomic mass is 10.1. The van der Waals surface area contributed by atoms with Crippen LogP contribution in [0.15, 0.2) is 47.6 Å². The molecule has 0 saturated heterocycles. The molecule has 0 fully saturated rings. The second-order valence-electron chi connectivity index (χ2n) is 4.70. The van der Waals surface area contributed by atoms with Crippen molar-refractivity contribution in [3.8, 4) is 5.75 Å². The van der Waals surface area contributed by atoms with Crippen LogP contribution < -0.4 is 10.5 Å². The highest BCUT2D eigenvalue weighted by molar-refractivity contribution is 5.98. The summed E-state index contributed by atoms with van der Waals surface area (Å²) in [6.45, 7) is 4.43. The van der Waals surface area contributed by atoms with Gasteiger partial charge in [0.15, 0.2) is 5.84 Å². The van der Waals surface area contributed by atoms with E-state index in [0.717, 1.165) is 16.9 Å². The molecule has 2 aromatic rings. The third-order valence-corrected chi connectivity index (χ3v) is 3.11. The van der Waals surface area contributed by atoms with Crippen LogP contribution in [0.1, 0.15) is 22.3 Å². The first kappa shape index (κ1) is 13.9. The van der Waals surface area contributed by atoms with E-state index in [-0.39, 0.29) is 5.84 Å². The maximum absolute atomic E-state index is 8.79. The molecule has 0 aromatic heterocycles. The molecule has 0 bridgehead atoms. The average Bonchev–Trinajstić information content (AvgIpc) is 2.46. The lowest BCUT2D eigenvalue weighted by molar-refractivity contribution is 0.303. The van der Waals surface area contributed by atoms with Crippen LogP contribution in [-0.2, 0) is 6.61 Å². The lowest BCUT2D eigenvalue weighted by Crippen LogP contribution is -2.16. The van der Waals surface area contributed by atoms with Crippen LogP contribution in [0.2, 0.25) is 0 Å². The summed E-state index contributed by atoms with van der Waals surface area (Å²) in [6.07, 6.45) is 0. The SMILES string of the molecule is Cc1ccc(OCc2ccccc2/C(N)=N/O)c(C)c1. The van der Waals surface area contributed by atoms with Crippen LogP contribution >= 0.6 is 0 Å². The Morgan fingerprint density at radius 2 is 1.95 bits per heavy atom. The molecule has 0 atom stereocenters.